The second-order valence-electron chi connectivity index (χ2n) is 5.28. The number of carbonyl (C=O) groups is 1. The Morgan fingerprint density at radius 1 is 1.29 bits per heavy atom. The van der Waals surface area contributed by atoms with Gasteiger partial charge in [0.25, 0.3) is 0 Å². The van der Waals surface area contributed by atoms with Crippen molar-refractivity contribution in [2.45, 2.75) is 58.5 Å². The van der Waals surface area contributed by atoms with Gasteiger partial charge in [-0.15, -0.1) is 0 Å². The van der Waals surface area contributed by atoms with Gasteiger partial charge >= 0.3 is 5.97 Å². The van der Waals surface area contributed by atoms with Crippen molar-refractivity contribution >= 4 is 5.97 Å². The molecule has 0 saturated carbocycles. The third-order valence-corrected chi connectivity index (χ3v) is 3.30. The van der Waals surface area contributed by atoms with Crippen molar-refractivity contribution in [3.05, 3.63) is 42.0 Å². The molecule has 0 aromatic heterocycles. The van der Waals surface area contributed by atoms with E-state index in [0.29, 0.717) is 0 Å². The number of phenolic OH excluding ortho intramolecular Hbond substituents is 1. The fourth-order valence-electron chi connectivity index (χ4n) is 2.14. The van der Waals surface area contributed by atoms with Gasteiger partial charge in [0.2, 0.25) is 0 Å². The standard InChI is InChI=1S/C18H26O3/c1-3-4-5-6-7-8-18(21-15(2)19)14-11-16-9-12-17(20)13-10-16/h7-10,12-13,18,20H,3-6,11,14H2,1-2H3. The molecule has 0 amide bonds. The van der Waals surface area contributed by atoms with Gasteiger partial charge in [-0.25, -0.2) is 0 Å². The molecule has 3 nitrogen and oxygen atoms in total. The van der Waals surface area contributed by atoms with Gasteiger partial charge in [0.05, 0.1) is 0 Å². The SMILES string of the molecule is CCCCCC=CC(CCc1ccc(O)cc1)OC(C)=O. The minimum absolute atomic E-state index is 0.169. The Hall–Kier alpha value is -1.77. The molecule has 0 radical (unpaired) electrons. The summed E-state index contributed by atoms with van der Waals surface area (Å²) < 4.78 is 5.33. The molecule has 1 aromatic rings. The lowest BCUT2D eigenvalue weighted by Crippen LogP contribution is -2.14. The lowest BCUT2D eigenvalue weighted by Gasteiger charge is -2.13. The number of unbranched alkanes of at least 4 members (excludes halogenated alkanes) is 3. The Morgan fingerprint density at radius 3 is 2.62 bits per heavy atom. The molecule has 0 bridgehead atoms. The van der Waals surface area contributed by atoms with Gasteiger partial charge in [-0.3, -0.25) is 4.79 Å². The summed E-state index contributed by atoms with van der Waals surface area (Å²) in [5.41, 5.74) is 1.13. The molecular weight excluding hydrogens is 264 g/mol. The highest BCUT2D eigenvalue weighted by Crippen LogP contribution is 2.14. The topological polar surface area (TPSA) is 46.5 Å². The van der Waals surface area contributed by atoms with Gasteiger partial charge in [-0.1, -0.05) is 38.0 Å². The average molecular weight is 290 g/mol. The zero-order valence-electron chi connectivity index (χ0n) is 13.0. The molecule has 21 heavy (non-hydrogen) atoms. The van der Waals surface area contributed by atoms with Gasteiger partial charge < -0.3 is 9.84 Å². The van der Waals surface area contributed by atoms with E-state index in [1.54, 1.807) is 12.1 Å². The van der Waals surface area contributed by atoms with Gasteiger partial charge in [0, 0.05) is 6.92 Å². The molecule has 0 heterocycles. The average Bonchev–Trinajstić information content (AvgIpc) is 2.45. The van der Waals surface area contributed by atoms with Crippen LogP contribution in [0.25, 0.3) is 0 Å². The van der Waals surface area contributed by atoms with Crippen molar-refractivity contribution in [2.24, 2.45) is 0 Å². The van der Waals surface area contributed by atoms with Crippen LogP contribution in [0.5, 0.6) is 5.75 Å². The lowest BCUT2D eigenvalue weighted by atomic mass is 10.1. The Balaban J connectivity index is 2.45. The van der Waals surface area contributed by atoms with E-state index in [-0.39, 0.29) is 17.8 Å². The van der Waals surface area contributed by atoms with E-state index in [2.05, 4.69) is 13.0 Å². The fourth-order valence-corrected chi connectivity index (χ4v) is 2.14. The van der Waals surface area contributed by atoms with Crippen molar-refractivity contribution in [1.82, 2.24) is 0 Å². The molecule has 0 spiro atoms. The number of aryl methyl sites for hydroxylation is 1. The summed E-state index contributed by atoms with van der Waals surface area (Å²) in [6.07, 6.45) is 10.2. The van der Waals surface area contributed by atoms with Crippen LogP contribution >= 0.6 is 0 Å². The number of hydrogen-bond donors (Lipinski definition) is 1. The quantitative estimate of drug-likeness (QED) is 0.417. The van der Waals surface area contributed by atoms with Crippen LogP contribution in [0.15, 0.2) is 36.4 Å². The third kappa shape index (κ3) is 8.18. The van der Waals surface area contributed by atoms with E-state index in [0.717, 1.165) is 24.8 Å². The molecule has 0 aliphatic rings. The molecule has 116 valence electrons. The lowest BCUT2D eigenvalue weighted by molar-refractivity contribution is -0.144. The van der Waals surface area contributed by atoms with E-state index in [9.17, 15) is 9.90 Å². The van der Waals surface area contributed by atoms with E-state index < -0.39 is 0 Å². The zero-order valence-corrected chi connectivity index (χ0v) is 13.0. The van der Waals surface area contributed by atoms with Crippen molar-refractivity contribution in [3.8, 4) is 5.75 Å². The first-order chi connectivity index (χ1) is 10.1. The van der Waals surface area contributed by atoms with E-state index in [1.807, 2.05) is 18.2 Å². The molecule has 0 fully saturated rings. The summed E-state index contributed by atoms with van der Waals surface area (Å²) in [6, 6.07) is 7.14. The van der Waals surface area contributed by atoms with Crippen LogP contribution in [0.2, 0.25) is 0 Å². The highest BCUT2D eigenvalue weighted by molar-refractivity contribution is 5.66. The van der Waals surface area contributed by atoms with Gasteiger partial charge in [0.1, 0.15) is 11.9 Å². The molecule has 1 unspecified atom stereocenters. The molecular formula is C18H26O3. The monoisotopic (exact) mass is 290 g/mol. The van der Waals surface area contributed by atoms with Crippen LogP contribution in [-0.4, -0.2) is 17.2 Å². The van der Waals surface area contributed by atoms with Gasteiger partial charge in [-0.2, -0.15) is 0 Å². The summed E-state index contributed by atoms with van der Waals surface area (Å²) in [7, 11) is 0. The zero-order chi connectivity index (χ0) is 15.5. The molecule has 1 N–H and O–H groups in total. The fraction of sp³-hybridized carbons (Fsp3) is 0.500. The first-order valence-corrected chi connectivity index (χ1v) is 7.73. The number of benzene rings is 1. The van der Waals surface area contributed by atoms with Crippen molar-refractivity contribution in [3.63, 3.8) is 0 Å². The minimum atomic E-state index is -0.246. The Labute approximate surface area is 127 Å². The maximum Gasteiger partial charge on any atom is 0.303 e. The normalized spacial score (nSPS) is 12.5. The Kier molecular flexibility index (Phi) is 8.25. The largest absolute Gasteiger partial charge is 0.508 e. The van der Waals surface area contributed by atoms with E-state index in [1.165, 1.54) is 26.2 Å². The predicted octanol–water partition coefficient (Wildman–Crippen LogP) is 4.39. The van der Waals surface area contributed by atoms with E-state index >= 15 is 0 Å². The first-order valence-electron chi connectivity index (χ1n) is 7.73. The minimum Gasteiger partial charge on any atom is -0.508 e. The second kappa shape index (κ2) is 10.0. The van der Waals surface area contributed by atoms with Crippen molar-refractivity contribution in [1.29, 1.82) is 0 Å². The number of allylic oxidation sites excluding steroid dienone is 1. The second-order valence-corrected chi connectivity index (χ2v) is 5.28. The van der Waals surface area contributed by atoms with Gasteiger partial charge in [0.15, 0.2) is 0 Å². The Morgan fingerprint density at radius 2 is 2.00 bits per heavy atom. The molecule has 1 atom stereocenters. The number of esters is 1. The van der Waals surface area contributed by atoms with Crippen LogP contribution in [-0.2, 0) is 16.0 Å². The van der Waals surface area contributed by atoms with Crippen LogP contribution < -0.4 is 0 Å². The number of phenols is 1. The molecule has 0 aliphatic carbocycles. The molecule has 1 aromatic carbocycles. The third-order valence-electron chi connectivity index (χ3n) is 3.30. The summed E-state index contributed by atoms with van der Waals surface area (Å²) in [5, 5.41) is 9.26. The molecule has 3 heteroatoms. The smallest absolute Gasteiger partial charge is 0.303 e. The number of hydrogen-bond acceptors (Lipinski definition) is 3. The molecule has 0 aliphatic heterocycles. The number of ether oxygens (including phenoxy) is 1. The Bertz CT molecular complexity index is 434. The maximum absolute atomic E-state index is 11.2. The summed E-state index contributed by atoms with van der Waals surface area (Å²) in [4.78, 5) is 11.2. The molecule has 1 rings (SSSR count). The first kappa shape index (κ1) is 17.3. The van der Waals surface area contributed by atoms with E-state index in [4.69, 9.17) is 4.74 Å². The highest BCUT2D eigenvalue weighted by atomic mass is 16.5. The summed E-state index contributed by atoms with van der Waals surface area (Å²) in [6.45, 7) is 3.63. The number of carbonyl (C=O) groups excluding carboxylic acids is 1. The summed E-state index contributed by atoms with van der Waals surface area (Å²) >= 11 is 0. The highest BCUT2D eigenvalue weighted by Gasteiger charge is 2.08. The molecule has 0 saturated heterocycles. The van der Waals surface area contributed by atoms with Crippen LogP contribution in [0.4, 0.5) is 0 Å². The number of aromatic hydroxyl groups is 1. The van der Waals surface area contributed by atoms with Crippen molar-refractivity contribution < 1.29 is 14.6 Å². The van der Waals surface area contributed by atoms with Crippen LogP contribution in [0.3, 0.4) is 0 Å². The maximum atomic E-state index is 11.2. The van der Waals surface area contributed by atoms with Gasteiger partial charge in [-0.05, 0) is 49.5 Å². The van der Waals surface area contributed by atoms with Crippen LogP contribution in [0.1, 0.15) is 51.5 Å². The van der Waals surface area contributed by atoms with Crippen LogP contribution in [0, 0.1) is 0 Å². The predicted molar refractivity (Wildman–Crippen MR) is 85.3 cm³/mol. The summed E-state index contributed by atoms with van der Waals surface area (Å²) in [5.74, 6) is 0.0232. The van der Waals surface area contributed by atoms with Crippen molar-refractivity contribution in [2.75, 3.05) is 0 Å². The number of rotatable bonds is 9.